The molecule has 0 bridgehead atoms. The second kappa shape index (κ2) is 46.2. The first-order chi connectivity index (χ1) is 52.6. The zero-order valence-electron chi connectivity index (χ0n) is 63.4. The van der Waals surface area contributed by atoms with Gasteiger partial charge in [-0.3, -0.25) is 19.2 Å². The third-order valence-electron chi connectivity index (χ3n) is 14.9. The van der Waals surface area contributed by atoms with E-state index < -0.39 is 41.4 Å². The van der Waals surface area contributed by atoms with Crippen LogP contribution in [0.4, 0.5) is 26.3 Å². The average Bonchev–Trinajstić information content (AvgIpc) is 0.847. The minimum absolute atomic E-state index is 0.0216. The highest BCUT2D eigenvalue weighted by Gasteiger charge is 2.32. The van der Waals surface area contributed by atoms with Gasteiger partial charge in [-0.05, 0) is 99.7 Å². The van der Waals surface area contributed by atoms with Crippen molar-refractivity contribution in [3.05, 3.63) is 242 Å². The molecule has 0 fully saturated rings. The number of carbonyl (C=O) groups is 4. The van der Waals surface area contributed by atoms with Gasteiger partial charge in [-0.15, -0.1) is 0 Å². The third-order valence-corrected chi connectivity index (χ3v) is 14.9. The van der Waals surface area contributed by atoms with Gasteiger partial charge in [-0.1, -0.05) is 180 Å². The Morgan fingerprint density at radius 1 is 0.436 bits per heavy atom. The lowest BCUT2D eigenvalue weighted by Gasteiger charge is -2.13. The molecule has 7 aromatic rings. The Labute approximate surface area is 632 Å². The molecule has 586 valence electrons. The number of nitrogens with one attached hydrogen (secondary N) is 4. The fourth-order valence-corrected chi connectivity index (χ4v) is 9.45. The number of alkyl halides is 6. The van der Waals surface area contributed by atoms with Crippen molar-refractivity contribution in [2.75, 3.05) is 70.8 Å². The molecule has 0 radical (unpaired) electrons. The predicted octanol–water partition coefficient (Wildman–Crippen LogP) is 12.3. The first-order valence-electron chi connectivity index (χ1n) is 33.1. The number of ether oxygens (including phenoxy) is 1. The molecule has 1 atom stereocenters. The summed E-state index contributed by atoms with van der Waals surface area (Å²) in [6.45, 7) is 11.0. The molecule has 0 aliphatic heterocycles. The molecule has 0 aliphatic rings. The number of benzene rings is 7. The Kier molecular flexibility index (Phi) is 37.5. The van der Waals surface area contributed by atoms with Gasteiger partial charge in [0.1, 0.15) is 85.8 Å². The highest BCUT2D eigenvalue weighted by Crippen LogP contribution is 2.32. The van der Waals surface area contributed by atoms with E-state index in [2.05, 4.69) is 67.7 Å². The van der Waals surface area contributed by atoms with Gasteiger partial charge in [0.25, 0.3) is 23.6 Å². The lowest BCUT2D eigenvalue weighted by molar-refractivity contribution is -0.138. The van der Waals surface area contributed by atoms with Gasteiger partial charge in [-0.25, -0.2) is 0 Å². The van der Waals surface area contributed by atoms with Crippen molar-refractivity contribution in [1.29, 1.82) is 0 Å². The molecule has 0 aromatic heterocycles. The predicted molar refractivity (Wildman–Crippen MR) is 406 cm³/mol. The van der Waals surface area contributed by atoms with E-state index in [0.717, 1.165) is 46.7 Å². The first kappa shape index (κ1) is 89.4. The van der Waals surface area contributed by atoms with E-state index in [1.807, 2.05) is 62.4 Å². The van der Waals surface area contributed by atoms with E-state index in [1.54, 1.807) is 101 Å². The Morgan fingerprint density at radius 3 is 1.29 bits per heavy atom. The first-order valence-corrected chi connectivity index (χ1v) is 33.1. The number of oxime groups is 9. The van der Waals surface area contributed by atoms with Crippen LogP contribution in [0.2, 0.25) is 0 Å². The van der Waals surface area contributed by atoms with Crippen molar-refractivity contribution in [3.63, 3.8) is 0 Å². The van der Waals surface area contributed by atoms with Gasteiger partial charge in [0.15, 0.2) is 28.6 Å². The Hall–Kier alpha value is -13.0. The van der Waals surface area contributed by atoms with E-state index in [0.29, 0.717) is 73.8 Å². The maximum Gasteiger partial charge on any atom is 0.416 e. The molecule has 4 N–H and O–H groups in total. The van der Waals surface area contributed by atoms with Crippen molar-refractivity contribution in [1.82, 2.24) is 21.3 Å². The third kappa shape index (κ3) is 28.1. The van der Waals surface area contributed by atoms with Crippen LogP contribution in [-0.4, -0.2) is 146 Å². The largest absolute Gasteiger partial charge is 0.489 e. The van der Waals surface area contributed by atoms with Gasteiger partial charge in [-0.2, -0.15) is 26.3 Å². The van der Waals surface area contributed by atoms with E-state index >= 15 is 0 Å². The summed E-state index contributed by atoms with van der Waals surface area (Å²) >= 11 is 0. The monoisotopic (exact) mass is 1530 g/mol. The fraction of sp³-hybridized carbons (Fsp3) is 0.286. The van der Waals surface area contributed by atoms with Crippen LogP contribution in [0.5, 0.6) is 5.75 Å². The minimum atomic E-state index is -4.44. The maximum atomic E-state index is 12.9. The van der Waals surface area contributed by atoms with Crippen molar-refractivity contribution in [2.24, 2.45) is 46.4 Å². The Bertz CT molecular complexity index is 4500. The zero-order chi connectivity index (χ0) is 81.3. The lowest BCUT2D eigenvalue weighted by Crippen LogP contribution is -2.29. The summed E-state index contributed by atoms with van der Waals surface area (Å²) in [4.78, 5) is 93.0. The standard InChI is InChI=1S/2C20H20F3N3O3.C19H22N2O3.C18H25N5O5/c1-13(14-8-6-9-16(11-14)20(21,22)23)25-29-12-15-7-4-5-10-17(15)18(26-28-3)19(27)24-2;1-13(14-8-6-9-16(11-14)20(21,22)23)29-25-12-15-7-4-5-10-17(15)18(26-28-3)19(27)24-2;1-13-9-10-14(2)17(11-13)24-12-15-7-5-6-8-16(15)18(21-23-4)19(22)20-3;1-12(20-25-4)16(22-26-5)13(2)21-28-11-14-9-7-8-10-15(14)17(23-27-6)18(24)19-3/h4-11H,12H2,1-3H3,(H,24,27);4-13H,1-3H3,(H,24,27);5-11H,12H2,1-4H3,(H,20,22);7-10H,11H2,1-6H3,(H,19,24)/b25-13+,26-18+;25-12+,26-18+;21-18+;20-12+,21-13+,22-16+,23-17+. The summed E-state index contributed by atoms with van der Waals surface area (Å²) in [5.41, 5.74) is 8.21. The molecule has 1 unspecified atom stereocenters. The van der Waals surface area contributed by atoms with Crippen molar-refractivity contribution >= 4 is 75.5 Å². The van der Waals surface area contributed by atoms with Crippen molar-refractivity contribution in [3.8, 4) is 5.75 Å². The number of hydrogen-bond donors (Lipinski definition) is 4. The number of nitrogens with zero attached hydrogens (tertiary/aromatic N) is 9. The van der Waals surface area contributed by atoms with Crippen LogP contribution in [0.1, 0.15) is 112 Å². The number of likely N-dealkylation sites (N-methyl/N-ethyl adjacent to an activating group) is 4. The quantitative estimate of drug-likeness (QED) is 0.0185. The highest BCUT2D eigenvalue weighted by molar-refractivity contribution is 6.67. The molecular weight excluding hydrogens is 1440 g/mol. The normalized spacial score (nSPS) is 12.5. The Morgan fingerprint density at radius 2 is 0.836 bits per heavy atom. The smallest absolute Gasteiger partial charge is 0.416 e. The molecule has 4 amide bonds. The SMILES string of the molecule is CNC(=O)/C(=N/OC)c1ccccc1/C=N/OC(C)c1cccc(C(F)(F)F)c1.CNC(=O)/C(=N/OC)c1ccccc1CO/N=C(C)/C(=N/OC)C(/C)=N/OC.CNC(=O)/C(=N/OC)c1ccccc1CO/N=C(\C)c1cccc(C(F)(F)F)c1.CNC(=O)/C(=N/OC)c1ccccc1COc1cc(C)ccc1C. The maximum absolute atomic E-state index is 12.9. The van der Waals surface area contributed by atoms with Crippen LogP contribution >= 0.6 is 0 Å². The van der Waals surface area contributed by atoms with Gasteiger partial charge in [0.05, 0.1) is 23.1 Å². The molecule has 33 heteroatoms. The van der Waals surface area contributed by atoms with E-state index in [4.69, 9.17) is 48.3 Å². The fourth-order valence-electron chi connectivity index (χ4n) is 9.45. The van der Waals surface area contributed by atoms with Crippen LogP contribution in [-0.2, 0) is 94.9 Å². The topological polar surface area (TPSA) is 320 Å². The number of rotatable bonds is 30. The summed E-state index contributed by atoms with van der Waals surface area (Å²) < 4.78 is 83.1. The van der Waals surface area contributed by atoms with Gasteiger partial charge < -0.3 is 69.5 Å². The number of carbonyl (C=O) groups excluding carboxylic acids is 4. The molecule has 0 aliphatic carbocycles. The number of amides is 4. The van der Waals surface area contributed by atoms with Crippen LogP contribution in [0.15, 0.2) is 210 Å². The second-order valence-corrected chi connectivity index (χ2v) is 22.5. The molecule has 0 spiro atoms. The van der Waals surface area contributed by atoms with Crippen molar-refractivity contribution in [2.45, 2.75) is 79.8 Å². The summed E-state index contributed by atoms with van der Waals surface area (Å²) in [7, 11) is 14.3. The Balaban J connectivity index is 0.000000310. The number of halogens is 6. The lowest BCUT2D eigenvalue weighted by atomic mass is 10.0. The van der Waals surface area contributed by atoms with Crippen LogP contribution in [0.25, 0.3) is 0 Å². The number of hydrogen-bond acceptors (Lipinski definition) is 23. The summed E-state index contributed by atoms with van der Waals surface area (Å²) in [6, 6.07) is 44.1. The van der Waals surface area contributed by atoms with Gasteiger partial charge in [0, 0.05) is 67.1 Å². The highest BCUT2D eigenvalue weighted by atomic mass is 19.4. The van der Waals surface area contributed by atoms with Gasteiger partial charge in [0.2, 0.25) is 0 Å². The summed E-state index contributed by atoms with van der Waals surface area (Å²) in [6.07, 6.45) is -8.23. The van der Waals surface area contributed by atoms with E-state index in [-0.39, 0.29) is 53.6 Å². The second-order valence-electron chi connectivity index (χ2n) is 22.5. The minimum Gasteiger partial charge on any atom is -0.489 e. The zero-order valence-corrected chi connectivity index (χ0v) is 63.4. The van der Waals surface area contributed by atoms with Crippen LogP contribution < -0.4 is 26.0 Å². The molecule has 110 heavy (non-hydrogen) atoms. The van der Waals surface area contributed by atoms with Gasteiger partial charge >= 0.3 is 12.4 Å². The van der Waals surface area contributed by atoms with Crippen molar-refractivity contribution < 1.29 is 93.8 Å². The molecule has 27 nitrogen and oxygen atoms in total. The molecule has 7 rings (SSSR count). The van der Waals surface area contributed by atoms with E-state index in [9.17, 15) is 45.5 Å². The number of aryl methyl sites for hydroxylation is 2. The average molecular weight is 1530 g/mol. The van der Waals surface area contributed by atoms with Crippen LogP contribution in [0, 0.1) is 13.8 Å². The molecule has 7 aromatic carbocycles. The van der Waals surface area contributed by atoms with E-state index in [1.165, 1.54) is 94.3 Å². The molecule has 0 heterocycles. The summed E-state index contributed by atoms with van der Waals surface area (Å²) in [5.74, 6) is -0.755. The molecule has 0 saturated heterocycles. The molecular formula is C77H87F6N13O14. The molecule has 0 saturated carbocycles. The summed E-state index contributed by atoms with van der Waals surface area (Å²) in [5, 5.41) is 44.7. The van der Waals surface area contributed by atoms with Crippen LogP contribution in [0.3, 0.4) is 0 Å².